The summed E-state index contributed by atoms with van der Waals surface area (Å²) in [4.78, 5) is 18.4. The van der Waals surface area contributed by atoms with E-state index in [0.717, 1.165) is 17.3 Å². The highest BCUT2D eigenvalue weighted by Crippen LogP contribution is 2.31. The van der Waals surface area contributed by atoms with Crippen LogP contribution in [0.3, 0.4) is 0 Å². The number of nitrogens with one attached hydrogen (secondary N) is 2. The normalized spacial score (nSPS) is 14.3. The highest BCUT2D eigenvalue weighted by atomic mass is 32.2. The predicted octanol–water partition coefficient (Wildman–Crippen LogP) is 1.89. The summed E-state index contributed by atoms with van der Waals surface area (Å²) in [5, 5.41) is 3.64. The van der Waals surface area contributed by atoms with Crippen molar-refractivity contribution in [3.8, 4) is 0 Å². The summed E-state index contributed by atoms with van der Waals surface area (Å²) in [7, 11) is 0. The van der Waals surface area contributed by atoms with Crippen LogP contribution in [0, 0.1) is 5.82 Å². The molecule has 0 bridgehead atoms. The van der Waals surface area contributed by atoms with Gasteiger partial charge in [-0.15, -0.1) is 0 Å². The Balaban J connectivity index is 1.87. The number of rotatable bonds is 5. The zero-order valence-electron chi connectivity index (χ0n) is 11.2. The van der Waals surface area contributed by atoms with Gasteiger partial charge < -0.3 is 16.0 Å². The molecule has 1 fully saturated rings. The second-order valence-electron chi connectivity index (χ2n) is 4.96. The molecule has 1 saturated carbocycles. The van der Waals surface area contributed by atoms with Crippen LogP contribution in [-0.4, -0.2) is 16.0 Å². The van der Waals surface area contributed by atoms with E-state index in [1.807, 2.05) is 6.07 Å². The monoisotopic (exact) mass is 306 g/mol. The Morgan fingerprint density at radius 1 is 1.48 bits per heavy atom. The van der Waals surface area contributed by atoms with Gasteiger partial charge in [-0.05, 0) is 36.2 Å². The van der Waals surface area contributed by atoms with E-state index in [2.05, 4.69) is 15.3 Å². The predicted molar refractivity (Wildman–Crippen MR) is 79.7 cm³/mol. The molecule has 7 heteroatoms. The Morgan fingerprint density at radius 3 is 3.00 bits per heavy atom. The summed E-state index contributed by atoms with van der Waals surface area (Å²) < 4.78 is 14.1. The maximum Gasteiger partial charge on any atom is 0.253 e. The van der Waals surface area contributed by atoms with E-state index in [1.165, 1.54) is 25.0 Å². The molecule has 1 aromatic heterocycles. The smallest absolute Gasteiger partial charge is 0.253 e. The number of nitrogens with two attached hydrogens (primary N) is 1. The Labute approximate surface area is 125 Å². The second-order valence-corrected chi connectivity index (χ2v) is 5.96. The zero-order chi connectivity index (χ0) is 14.8. The summed E-state index contributed by atoms with van der Waals surface area (Å²) in [6.45, 7) is 0.595. The van der Waals surface area contributed by atoms with E-state index in [4.69, 9.17) is 5.73 Å². The molecule has 0 radical (unpaired) electrons. The van der Waals surface area contributed by atoms with E-state index in [0.29, 0.717) is 17.5 Å². The molecule has 4 N–H and O–H groups in total. The van der Waals surface area contributed by atoms with Crippen LogP contribution in [-0.2, 0) is 6.54 Å². The lowest BCUT2D eigenvalue weighted by Crippen LogP contribution is -2.16. The summed E-state index contributed by atoms with van der Waals surface area (Å²) >= 11 is 1.08. The van der Waals surface area contributed by atoms with Crippen molar-refractivity contribution in [1.29, 1.82) is 0 Å². The molecule has 0 amide bonds. The van der Waals surface area contributed by atoms with Gasteiger partial charge in [0.1, 0.15) is 11.6 Å². The van der Waals surface area contributed by atoms with Gasteiger partial charge in [0.05, 0.1) is 4.90 Å². The first-order valence-electron chi connectivity index (χ1n) is 6.67. The third-order valence-corrected chi connectivity index (χ3v) is 4.19. The number of hydrogen-bond donors (Lipinski definition) is 3. The van der Waals surface area contributed by atoms with Crippen LogP contribution in [0.15, 0.2) is 39.1 Å². The number of nitrogen functional groups attached to an aromatic ring is 1. The lowest BCUT2D eigenvalue weighted by Gasteiger charge is -2.10. The molecule has 0 saturated heterocycles. The van der Waals surface area contributed by atoms with Gasteiger partial charge in [0.15, 0.2) is 5.16 Å². The van der Waals surface area contributed by atoms with Gasteiger partial charge in [-0.3, -0.25) is 4.79 Å². The van der Waals surface area contributed by atoms with Crippen molar-refractivity contribution in [2.45, 2.75) is 35.5 Å². The number of anilines is 1. The molecular weight excluding hydrogens is 291 g/mol. The van der Waals surface area contributed by atoms with E-state index < -0.39 is 0 Å². The van der Waals surface area contributed by atoms with Crippen molar-refractivity contribution in [2.75, 3.05) is 5.73 Å². The fourth-order valence-corrected chi connectivity index (χ4v) is 2.88. The molecule has 0 unspecified atom stereocenters. The number of aromatic amines is 1. The number of nitrogens with zero attached hydrogens (tertiary/aromatic N) is 1. The summed E-state index contributed by atoms with van der Waals surface area (Å²) in [6, 6.07) is 6.68. The average molecular weight is 306 g/mol. The van der Waals surface area contributed by atoms with Crippen molar-refractivity contribution < 1.29 is 4.39 Å². The molecule has 0 spiro atoms. The van der Waals surface area contributed by atoms with Crippen LogP contribution in [0.2, 0.25) is 0 Å². The highest BCUT2D eigenvalue weighted by Gasteiger charge is 2.21. The fraction of sp³-hybridized carbons (Fsp3) is 0.286. The Morgan fingerprint density at radius 2 is 2.29 bits per heavy atom. The molecule has 21 heavy (non-hydrogen) atoms. The molecule has 5 nitrogen and oxygen atoms in total. The summed E-state index contributed by atoms with van der Waals surface area (Å²) in [6.07, 6.45) is 2.34. The number of benzene rings is 1. The first-order valence-corrected chi connectivity index (χ1v) is 7.49. The van der Waals surface area contributed by atoms with Gasteiger partial charge in [-0.25, -0.2) is 9.37 Å². The van der Waals surface area contributed by atoms with E-state index >= 15 is 0 Å². The van der Waals surface area contributed by atoms with Crippen molar-refractivity contribution in [3.63, 3.8) is 0 Å². The SMILES string of the molecule is Nc1cc(=O)[nH]c(Sc2c(F)cccc2CNC2CC2)n1. The second kappa shape index (κ2) is 5.87. The van der Waals surface area contributed by atoms with Gasteiger partial charge in [-0.2, -0.15) is 0 Å². The van der Waals surface area contributed by atoms with Crippen LogP contribution in [0.1, 0.15) is 18.4 Å². The number of hydrogen-bond acceptors (Lipinski definition) is 5. The number of halogens is 1. The molecular formula is C14H15FN4OS. The molecule has 110 valence electrons. The van der Waals surface area contributed by atoms with E-state index in [1.54, 1.807) is 6.07 Å². The molecule has 0 aliphatic heterocycles. The molecule has 3 rings (SSSR count). The van der Waals surface area contributed by atoms with Gasteiger partial charge in [0, 0.05) is 18.7 Å². The van der Waals surface area contributed by atoms with Crippen LogP contribution >= 0.6 is 11.8 Å². The number of H-pyrrole nitrogens is 1. The maximum atomic E-state index is 14.1. The Kier molecular flexibility index (Phi) is 3.94. The van der Waals surface area contributed by atoms with Gasteiger partial charge in [-0.1, -0.05) is 12.1 Å². The van der Waals surface area contributed by atoms with Gasteiger partial charge in [0.25, 0.3) is 5.56 Å². The summed E-state index contributed by atoms with van der Waals surface area (Å²) in [5.41, 5.74) is 6.04. The lowest BCUT2D eigenvalue weighted by atomic mass is 10.2. The van der Waals surface area contributed by atoms with E-state index in [9.17, 15) is 9.18 Å². The van der Waals surface area contributed by atoms with Crippen molar-refractivity contribution in [1.82, 2.24) is 15.3 Å². The van der Waals surface area contributed by atoms with Crippen LogP contribution in [0.4, 0.5) is 10.2 Å². The molecule has 1 heterocycles. The standard InChI is InChI=1S/C14H15FN4OS/c15-10-3-1-2-8(7-17-9-4-5-9)13(10)21-14-18-11(16)6-12(20)19-14/h1-3,6,9,17H,4-5,7H2,(H3,16,18,19,20). The van der Waals surface area contributed by atoms with Gasteiger partial charge in [0.2, 0.25) is 0 Å². The zero-order valence-corrected chi connectivity index (χ0v) is 12.0. The minimum atomic E-state index is -0.348. The van der Waals surface area contributed by atoms with Crippen LogP contribution < -0.4 is 16.6 Å². The topological polar surface area (TPSA) is 83.8 Å². The Hall–Kier alpha value is -1.86. The lowest BCUT2D eigenvalue weighted by molar-refractivity contribution is 0.588. The average Bonchev–Trinajstić information content (AvgIpc) is 3.22. The van der Waals surface area contributed by atoms with Crippen molar-refractivity contribution in [3.05, 3.63) is 46.0 Å². The molecule has 1 aliphatic carbocycles. The minimum Gasteiger partial charge on any atom is -0.383 e. The van der Waals surface area contributed by atoms with E-state index in [-0.39, 0.29) is 22.4 Å². The summed E-state index contributed by atoms with van der Waals surface area (Å²) in [5.74, 6) is -0.213. The van der Waals surface area contributed by atoms with Crippen LogP contribution in [0.5, 0.6) is 0 Å². The van der Waals surface area contributed by atoms with Crippen molar-refractivity contribution >= 4 is 17.6 Å². The third kappa shape index (κ3) is 3.62. The molecule has 0 atom stereocenters. The fourth-order valence-electron chi connectivity index (χ4n) is 1.95. The number of aromatic nitrogens is 2. The molecule has 2 aromatic rings. The highest BCUT2D eigenvalue weighted by molar-refractivity contribution is 7.99. The minimum absolute atomic E-state index is 0.121. The van der Waals surface area contributed by atoms with Gasteiger partial charge >= 0.3 is 0 Å². The first kappa shape index (κ1) is 14.1. The third-order valence-electron chi connectivity index (χ3n) is 3.15. The van der Waals surface area contributed by atoms with Crippen LogP contribution in [0.25, 0.3) is 0 Å². The van der Waals surface area contributed by atoms with Crippen molar-refractivity contribution in [2.24, 2.45) is 0 Å². The maximum absolute atomic E-state index is 14.1. The molecule has 1 aliphatic rings. The first-order chi connectivity index (χ1) is 10.1. The molecule has 1 aromatic carbocycles. The Bertz CT molecular complexity index is 714. The quantitative estimate of drug-likeness (QED) is 0.735. The largest absolute Gasteiger partial charge is 0.383 e.